The Labute approximate surface area is 105 Å². The molecule has 0 aliphatic rings. The standard InChI is InChI=1S/C11H14N2O4S/c1-2-18(16,17)13-9-5-3-8(4-6-9)7-10(12)11(14)15/h2-6,10,13H,1,7,12H2,(H,14,15)/t10-/m0/s1. The largest absolute Gasteiger partial charge is 0.480 e. The molecule has 1 aromatic carbocycles. The lowest BCUT2D eigenvalue weighted by Gasteiger charge is -2.08. The molecule has 0 aliphatic heterocycles. The molecular formula is C11H14N2O4S. The molecule has 6 nitrogen and oxygen atoms in total. The average molecular weight is 270 g/mol. The van der Waals surface area contributed by atoms with Crippen LogP contribution in [0, 0.1) is 0 Å². The highest BCUT2D eigenvalue weighted by atomic mass is 32.2. The number of rotatable bonds is 6. The summed E-state index contributed by atoms with van der Waals surface area (Å²) in [7, 11) is -3.53. The number of carbonyl (C=O) groups is 1. The molecule has 0 aromatic heterocycles. The van der Waals surface area contributed by atoms with E-state index in [1.54, 1.807) is 12.1 Å². The van der Waals surface area contributed by atoms with Crippen molar-refractivity contribution in [1.82, 2.24) is 0 Å². The average Bonchev–Trinajstić information content (AvgIpc) is 2.31. The van der Waals surface area contributed by atoms with Gasteiger partial charge in [-0.05, 0) is 24.1 Å². The molecule has 98 valence electrons. The molecular weight excluding hydrogens is 256 g/mol. The number of carboxylic acid groups (broad SMARTS) is 1. The van der Waals surface area contributed by atoms with Crippen LogP contribution in [0.1, 0.15) is 5.56 Å². The van der Waals surface area contributed by atoms with Crippen molar-refractivity contribution in [1.29, 1.82) is 0 Å². The molecule has 0 spiro atoms. The second-order valence-electron chi connectivity index (χ2n) is 3.66. The smallest absolute Gasteiger partial charge is 0.320 e. The first-order valence-electron chi connectivity index (χ1n) is 5.06. The summed E-state index contributed by atoms with van der Waals surface area (Å²) < 4.78 is 24.7. The van der Waals surface area contributed by atoms with E-state index in [1.165, 1.54) is 12.1 Å². The molecule has 7 heteroatoms. The summed E-state index contributed by atoms with van der Waals surface area (Å²) in [5.74, 6) is -1.08. The molecule has 0 saturated carbocycles. The highest BCUT2D eigenvalue weighted by molar-refractivity contribution is 7.95. The van der Waals surface area contributed by atoms with Crippen molar-refractivity contribution in [2.24, 2.45) is 5.73 Å². The number of benzene rings is 1. The van der Waals surface area contributed by atoms with Gasteiger partial charge < -0.3 is 10.8 Å². The molecule has 0 unspecified atom stereocenters. The lowest BCUT2D eigenvalue weighted by molar-refractivity contribution is -0.138. The van der Waals surface area contributed by atoms with Gasteiger partial charge >= 0.3 is 5.97 Å². The summed E-state index contributed by atoms with van der Waals surface area (Å²) in [4.78, 5) is 10.6. The van der Waals surface area contributed by atoms with Crippen LogP contribution < -0.4 is 10.5 Å². The minimum atomic E-state index is -3.53. The zero-order valence-corrected chi connectivity index (χ0v) is 10.4. The second kappa shape index (κ2) is 5.65. The summed E-state index contributed by atoms with van der Waals surface area (Å²) in [6.45, 7) is 3.17. The molecule has 0 amide bonds. The maximum atomic E-state index is 11.2. The molecule has 0 heterocycles. The maximum absolute atomic E-state index is 11.2. The molecule has 0 radical (unpaired) electrons. The van der Waals surface area contributed by atoms with E-state index in [0.29, 0.717) is 11.3 Å². The summed E-state index contributed by atoms with van der Waals surface area (Å²) in [5.41, 5.74) is 6.48. The van der Waals surface area contributed by atoms with E-state index in [2.05, 4.69) is 11.3 Å². The van der Waals surface area contributed by atoms with Gasteiger partial charge in [0.05, 0.1) is 0 Å². The van der Waals surface area contributed by atoms with Crippen molar-refractivity contribution < 1.29 is 18.3 Å². The number of anilines is 1. The topological polar surface area (TPSA) is 109 Å². The minimum Gasteiger partial charge on any atom is -0.480 e. The Balaban J connectivity index is 2.75. The second-order valence-corrected chi connectivity index (χ2v) is 5.29. The van der Waals surface area contributed by atoms with Crippen molar-refractivity contribution in [2.45, 2.75) is 12.5 Å². The Morgan fingerprint density at radius 3 is 2.44 bits per heavy atom. The lowest BCUT2D eigenvalue weighted by Crippen LogP contribution is -2.32. The van der Waals surface area contributed by atoms with Crippen molar-refractivity contribution >= 4 is 21.7 Å². The molecule has 1 atom stereocenters. The fourth-order valence-electron chi connectivity index (χ4n) is 1.26. The van der Waals surface area contributed by atoms with Crippen molar-refractivity contribution in [3.8, 4) is 0 Å². The van der Waals surface area contributed by atoms with Crippen LogP contribution in [0.3, 0.4) is 0 Å². The third-order valence-corrected chi connectivity index (χ3v) is 3.17. The summed E-state index contributed by atoms with van der Waals surface area (Å²) in [5, 5.41) is 9.46. The zero-order chi connectivity index (χ0) is 13.8. The Kier molecular flexibility index (Phi) is 4.46. The van der Waals surface area contributed by atoms with Crippen molar-refractivity contribution in [2.75, 3.05) is 4.72 Å². The van der Waals surface area contributed by atoms with E-state index in [0.717, 1.165) is 5.41 Å². The quantitative estimate of drug-likeness (QED) is 0.698. The predicted octanol–water partition coefficient (Wildman–Crippen LogP) is 0.526. The summed E-state index contributed by atoms with van der Waals surface area (Å²) >= 11 is 0. The molecule has 0 bridgehead atoms. The first kappa shape index (κ1) is 14.2. The zero-order valence-electron chi connectivity index (χ0n) is 9.54. The van der Waals surface area contributed by atoms with E-state index in [4.69, 9.17) is 10.8 Å². The van der Waals surface area contributed by atoms with E-state index < -0.39 is 22.0 Å². The van der Waals surface area contributed by atoms with Gasteiger partial charge in [0, 0.05) is 11.1 Å². The molecule has 4 N–H and O–H groups in total. The van der Waals surface area contributed by atoms with E-state index >= 15 is 0 Å². The SMILES string of the molecule is C=CS(=O)(=O)Nc1ccc(C[C@H](N)C(=O)O)cc1. The normalized spacial score (nSPS) is 12.7. The fraction of sp³-hybridized carbons (Fsp3) is 0.182. The highest BCUT2D eigenvalue weighted by Gasteiger charge is 2.12. The minimum absolute atomic E-state index is 0.184. The number of hydrogen-bond acceptors (Lipinski definition) is 4. The van der Waals surface area contributed by atoms with Crippen LogP contribution >= 0.6 is 0 Å². The van der Waals surface area contributed by atoms with Gasteiger partial charge in [-0.2, -0.15) is 0 Å². The predicted molar refractivity (Wildman–Crippen MR) is 68.5 cm³/mol. The van der Waals surface area contributed by atoms with Crippen LogP contribution in [0.15, 0.2) is 36.3 Å². The van der Waals surface area contributed by atoms with Gasteiger partial charge in [-0.25, -0.2) is 8.42 Å². The van der Waals surface area contributed by atoms with Gasteiger partial charge in [0.2, 0.25) is 0 Å². The summed E-state index contributed by atoms with van der Waals surface area (Å²) in [6.07, 6.45) is 0.184. The first-order chi connectivity index (χ1) is 8.34. The molecule has 0 aliphatic carbocycles. The third-order valence-electron chi connectivity index (χ3n) is 2.21. The third kappa shape index (κ3) is 4.19. The van der Waals surface area contributed by atoms with E-state index in [-0.39, 0.29) is 6.42 Å². The van der Waals surface area contributed by atoms with Crippen LogP contribution in [0.4, 0.5) is 5.69 Å². The Morgan fingerprint density at radius 2 is 2.00 bits per heavy atom. The van der Waals surface area contributed by atoms with Crippen LogP contribution in [0.25, 0.3) is 0 Å². The monoisotopic (exact) mass is 270 g/mol. The molecule has 1 rings (SSSR count). The summed E-state index contributed by atoms with van der Waals surface area (Å²) in [6, 6.07) is 5.32. The number of hydrogen-bond donors (Lipinski definition) is 3. The molecule has 18 heavy (non-hydrogen) atoms. The van der Waals surface area contributed by atoms with E-state index in [9.17, 15) is 13.2 Å². The molecule has 0 fully saturated rings. The van der Waals surface area contributed by atoms with Crippen molar-refractivity contribution in [3.05, 3.63) is 41.8 Å². The van der Waals surface area contributed by atoms with E-state index in [1.807, 2.05) is 0 Å². The van der Waals surface area contributed by atoms with Gasteiger partial charge in [-0.3, -0.25) is 9.52 Å². The fourth-order valence-corrected chi connectivity index (χ4v) is 1.80. The van der Waals surface area contributed by atoms with Gasteiger partial charge in [-0.1, -0.05) is 18.7 Å². The van der Waals surface area contributed by atoms with Crippen LogP contribution in [0.5, 0.6) is 0 Å². The van der Waals surface area contributed by atoms with Crippen molar-refractivity contribution in [3.63, 3.8) is 0 Å². The highest BCUT2D eigenvalue weighted by Crippen LogP contribution is 2.12. The Bertz CT molecular complexity index is 537. The van der Waals surface area contributed by atoms with Gasteiger partial charge in [0.25, 0.3) is 10.0 Å². The first-order valence-corrected chi connectivity index (χ1v) is 6.61. The number of carboxylic acids is 1. The van der Waals surface area contributed by atoms with Crippen LogP contribution in [0.2, 0.25) is 0 Å². The lowest BCUT2D eigenvalue weighted by atomic mass is 10.1. The van der Waals surface area contributed by atoms with Crippen LogP contribution in [-0.2, 0) is 21.2 Å². The molecule has 0 saturated heterocycles. The number of aliphatic carboxylic acids is 1. The van der Waals surface area contributed by atoms with Gasteiger partial charge in [-0.15, -0.1) is 0 Å². The maximum Gasteiger partial charge on any atom is 0.320 e. The van der Waals surface area contributed by atoms with Gasteiger partial charge in [0.1, 0.15) is 6.04 Å². The van der Waals surface area contributed by atoms with Gasteiger partial charge in [0.15, 0.2) is 0 Å². The van der Waals surface area contributed by atoms with Crippen LogP contribution in [-0.4, -0.2) is 25.5 Å². The number of nitrogens with one attached hydrogen (secondary N) is 1. The Hall–Kier alpha value is -1.86. The number of sulfonamides is 1. The Morgan fingerprint density at radius 1 is 1.44 bits per heavy atom. The molecule has 1 aromatic rings. The number of nitrogens with two attached hydrogens (primary N) is 1.